The van der Waals surface area contributed by atoms with Gasteiger partial charge >= 0.3 is 5.97 Å². The first-order chi connectivity index (χ1) is 12.4. The summed E-state index contributed by atoms with van der Waals surface area (Å²) in [6, 6.07) is 7.76. The molecule has 2 aromatic rings. The highest BCUT2D eigenvalue weighted by molar-refractivity contribution is 6.32. The highest BCUT2D eigenvalue weighted by atomic mass is 35.5. The van der Waals surface area contributed by atoms with Crippen molar-refractivity contribution in [2.45, 2.75) is 19.3 Å². The molecular formula is C18H13ClN2O5. The summed E-state index contributed by atoms with van der Waals surface area (Å²) < 4.78 is 10.9. The van der Waals surface area contributed by atoms with Crippen molar-refractivity contribution in [3.63, 3.8) is 0 Å². The summed E-state index contributed by atoms with van der Waals surface area (Å²) >= 11 is 5.79. The first-order valence-electron chi connectivity index (χ1n) is 7.99. The first kappa shape index (κ1) is 16.5. The van der Waals surface area contributed by atoms with Crippen LogP contribution < -0.4 is 0 Å². The second-order valence-electron chi connectivity index (χ2n) is 6.32. The van der Waals surface area contributed by atoms with Crippen LogP contribution in [-0.2, 0) is 9.53 Å². The number of nitro benzene ring substituents is 1. The fraction of sp³-hybridized carbons (Fsp3) is 0.222. The summed E-state index contributed by atoms with van der Waals surface area (Å²) in [5.41, 5.74) is 0.0849. The smallest absolute Gasteiger partial charge is 0.363 e. The van der Waals surface area contributed by atoms with E-state index in [1.807, 2.05) is 6.07 Å². The van der Waals surface area contributed by atoms with Crippen molar-refractivity contribution < 1.29 is 18.9 Å². The molecule has 0 amide bonds. The molecule has 0 unspecified atom stereocenters. The van der Waals surface area contributed by atoms with E-state index in [-0.39, 0.29) is 22.3 Å². The molecule has 4 rings (SSSR count). The number of halogens is 1. The minimum atomic E-state index is -0.643. The first-order valence-corrected chi connectivity index (χ1v) is 8.37. The number of carbonyl (C=O) groups is 1. The molecule has 1 aliphatic heterocycles. The van der Waals surface area contributed by atoms with Gasteiger partial charge in [0.05, 0.1) is 4.92 Å². The average Bonchev–Trinajstić information content (AvgIpc) is 3.00. The maximum Gasteiger partial charge on any atom is 0.363 e. The van der Waals surface area contributed by atoms with E-state index in [2.05, 4.69) is 11.9 Å². The number of aliphatic imine (C=N–C) groups is 1. The van der Waals surface area contributed by atoms with Crippen molar-refractivity contribution in [3.8, 4) is 0 Å². The summed E-state index contributed by atoms with van der Waals surface area (Å²) in [6.07, 6.45) is 2.60. The zero-order valence-corrected chi connectivity index (χ0v) is 14.4. The number of rotatable bonds is 4. The third kappa shape index (κ3) is 3.01. The van der Waals surface area contributed by atoms with Gasteiger partial charge in [-0.3, -0.25) is 10.1 Å². The van der Waals surface area contributed by atoms with E-state index in [1.54, 1.807) is 6.07 Å². The summed E-state index contributed by atoms with van der Waals surface area (Å²) in [5.74, 6) is 1.81. The minimum absolute atomic E-state index is 0.00291. The Bertz CT molecular complexity index is 991. The Kier molecular flexibility index (Phi) is 3.88. The Balaban J connectivity index is 1.62. The Morgan fingerprint density at radius 3 is 2.81 bits per heavy atom. The molecule has 7 nitrogen and oxygen atoms in total. The maximum atomic E-state index is 12.0. The number of benzene rings is 1. The highest BCUT2D eigenvalue weighted by Crippen LogP contribution is 2.47. The van der Waals surface area contributed by atoms with E-state index in [9.17, 15) is 14.9 Å². The van der Waals surface area contributed by atoms with Gasteiger partial charge in [0.2, 0.25) is 5.90 Å². The van der Waals surface area contributed by atoms with E-state index in [4.69, 9.17) is 20.8 Å². The monoisotopic (exact) mass is 372 g/mol. The van der Waals surface area contributed by atoms with Crippen LogP contribution in [-0.4, -0.2) is 16.8 Å². The number of hydrogen-bond acceptors (Lipinski definition) is 6. The lowest BCUT2D eigenvalue weighted by Crippen LogP contribution is -2.06. The molecule has 0 radical (unpaired) electrons. The molecular weight excluding hydrogens is 360 g/mol. The van der Waals surface area contributed by atoms with Gasteiger partial charge in [-0.25, -0.2) is 9.79 Å². The lowest BCUT2D eigenvalue weighted by atomic mass is 10.2. The largest absolute Gasteiger partial charge is 0.461 e. The highest BCUT2D eigenvalue weighted by Gasteiger charge is 2.36. The van der Waals surface area contributed by atoms with Gasteiger partial charge in [-0.1, -0.05) is 18.5 Å². The molecule has 2 heterocycles. The third-order valence-electron chi connectivity index (χ3n) is 4.41. The van der Waals surface area contributed by atoms with Crippen LogP contribution in [0.1, 0.15) is 36.3 Å². The predicted molar refractivity (Wildman–Crippen MR) is 93.9 cm³/mol. The van der Waals surface area contributed by atoms with Crippen LogP contribution in [0, 0.1) is 16.0 Å². The standard InChI is InChI=1S/C18H13ClN2O5/c1-9-6-12(9)16-5-3-11(25-16)8-14-18(22)26-17(20-14)10-2-4-13(19)15(7-10)21(23)24/h2-5,7-9,12H,6H2,1H3/b14-8-/t9-,12-/m0/s1. The number of nitrogens with zero attached hydrogens (tertiary/aromatic N) is 2. The molecule has 0 bridgehead atoms. The molecule has 1 fully saturated rings. The van der Waals surface area contributed by atoms with Crippen molar-refractivity contribution in [1.29, 1.82) is 0 Å². The normalized spacial score (nSPS) is 23.1. The lowest BCUT2D eigenvalue weighted by molar-refractivity contribution is -0.384. The van der Waals surface area contributed by atoms with E-state index in [0.29, 0.717) is 23.2 Å². The third-order valence-corrected chi connectivity index (χ3v) is 4.73. The topological polar surface area (TPSA) is 94.9 Å². The van der Waals surface area contributed by atoms with Gasteiger partial charge in [0.1, 0.15) is 16.5 Å². The lowest BCUT2D eigenvalue weighted by Gasteiger charge is -2.00. The van der Waals surface area contributed by atoms with Crippen LogP contribution in [0.3, 0.4) is 0 Å². The van der Waals surface area contributed by atoms with Crippen molar-refractivity contribution >= 4 is 35.2 Å². The summed E-state index contributed by atoms with van der Waals surface area (Å²) in [6.45, 7) is 2.15. The Labute approximate surface area is 153 Å². The van der Waals surface area contributed by atoms with Gasteiger partial charge in [-0.15, -0.1) is 0 Å². The Morgan fingerprint density at radius 1 is 1.35 bits per heavy atom. The number of nitro groups is 1. The molecule has 8 heteroatoms. The molecule has 0 N–H and O–H groups in total. The van der Waals surface area contributed by atoms with E-state index < -0.39 is 10.9 Å². The minimum Gasteiger partial charge on any atom is -0.461 e. The van der Waals surface area contributed by atoms with Gasteiger partial charge in [0.25, 0.3) is 5.69 Å². The van der Waals surface area contributed by atoms with E-state index >= 15 is 0 Å². The van der Waals surface area contributed by atoms with Crippen LogP contribution in [0.5, 0.6) is 0 Å². The average molecular weight is 373 g/mol. The van der Waals surface area contributed by atoms with Gasteiger partial charge in [0, 0.05) is 23.6 Å². The molecule has 2 aliphatic rings. The number of carbonyl (C=O) groups excluding carboxylic acids is 1. The molecule has 1 aromatic carbocycles. The Morgan fingerprint density at radius 2 is 2.12 bits per heavy atom. The maximum absolute atomic E-state index is 12.0. The fourth-order valence-corrected chi connectivity index (χ4v) is 3.00. The molecule has 132 valence electrons. The van der Waals surface area contributed by atoms with Crippen molar-refractivity contribution in [2.24, 2.45) is 10.9 Å². The number of esters is 1. The number of furan rings is 1. The van der Waals surface area contributed by atoms with Crippen LogP contribution in [0.25, 0.3) is 6.08 Å². The zero-order chi connectivity index (χ0) is 18.4. The zero-order valence-electron chi connectivity index (χ0n) is 13.6. The van der Waals surface area contributed by atoms with Crippen LogP contribution in [0.2, 0.25) is 5.02 Å². The molecule has 1 aliphatic carbocycles. The molecule has 0 saturated heterocycles. The van der Waals surface area contributed by atoms with Crippen molar-refractivity contribution in [1.82, 2.24) is 0 Å². The SMILES string of the molecule is C[C@H]1C[C@@H]1c1ccc(/C=C2\N=C(c3ccc(Cl)c([N+](=O)[O-])c3)OC2=O)o1. The van der Waals surface area contributed by atoms with Crippen LogP contribution >= 0.6 is 11.6 Å². The van der Waals surface area contributed by atoms with Crippen molar-refractivity contribution in [3.05, 3.63) is 68.2 Å². The molecule has 0 spiro atoms. The van der Waals surface area contributed by atoms with Crippen molar-refractivity contribution in [2.75, 3.05) is 0 Å². The van der Waals surface area contributed by atoms with E-state index in [0.717, 1.165) is 12.2 Å². The van der Waals surface area contributed by atoms with Gasteiger partial charge in [-0.05, 0) is 36.6 Å². The summed E-state index contributed by atoms with van der Waals surface area (Å²) in [4.78, 5) is 26.6. The van der Waals surface area contributed by atoms with Gasteiger partial charge in [-0.2, -0.15) is 0 Å². The second kappa shape index (κ2) is 6.10. The molecule has 1 saturated carbocycles. The van der Waals surface area contributed by atoms with Crippen LogP contribution in [0.4, 0.5) is 5.69 Å². The number of cyclic esters (lactones) is 1. The fourth-order valence-electron chi connectivity index (χ4n) is 2.82. The quantitative estimate of drug-likeness (QED) is 0.345. The number of ether oxygens (including phenoxy) is 1. The van der Waals surface area contributed by atoms with Crippen LogP contribution in [0.15, 0.2) is 45.4 Å². The molecule has 2 atom stereocenters. The molecule has 1 aromatic heterocycles. The van der Waals surface area contributed by atoms with E-state index in [1.165, 1.54) is 24.3 Å². The summed E-state index contributed by atoms with van der Waals surface area (Å²) in [5, 5.41) is 11.0. The van der Waals surface area contributed by atoms with Gasteiger partial charge < -0.3 is 9.15 Å². The number of hydrogen-bond donors (Lipinski definition) is 0. The Hall–Kier alpha value is -2.93. The second-order valence-corrected chi connectivity index (χ2v) is 6.73. The van der Waals surface area contributed by atoms with Gasteiger partial charge in [0.15, 0.2) is 5.70 Å². The predicted octanol–water partition coefficient (Wildman–Crippen LogP) is 4.31. The summed E-state index contributed by atoms with van der Waals surface area (Å²) in [7, 11) is 0. The molecule has 26 heavy (non-hydrogen) atoms.